The molecule has 0 aromatic rings. The molecule has 0 fully saturated rings. The van der Waals surface area contributed by atoms with E-state index in [1.165, 1.54) is 0 Å². The third-order valence-corrected chi connectivity index (χ3v) is 6.92. The molecule has 0 saturated carbocycles. The summed E-state index contributed by atoms with van der Waals surface area (Å²) in [6, 6.07) is 0. The van der Waals surface area contributed by atoms with Crippen molar-refractivity contribution >= 4 is 33.0 Å². The summed E-state index contributed by atoms with van der Waals surface area (Å²) >= 11 is 11.9. The van der Waals surface area contributed by atoms with Crippen molar-refractivity contribution in [2.75, 3.05) is 17.5 Å². The Kier molecular flexibility index (Phi) is 6.83. The first-order valence-corrected chi connectivity index (χ1v) is 8.70. The van der Waals surface area contributed by atoms with Gasteiger partial charge in [-0.3, -0.25) is 0 Å². The predicted octanol–water partition coefficient (Wildman–Crippen LogP) is 3.85. The topological polar surface area (TPSA) is 34.1 Å². The van der Waals surface area contributed by atoms with Crippen LogP contribution in [-0.4, -0.2) is 30.7 Å². The van der Waals surface area contributed by atoms with Gasteiger partial charge >= 0.3 is 0 Å². The molecule has 0 N–H and O–H groups in total. The van der Waals surface area contributed by atoms with Crippen LogP contribution in [0.1, 0.15) is 47.0 Å². The Morgan fingerprint density at radius 1 is 1.00 bits per heavy atom. The minimum Gasteiger partial charge on any atom is -0.228 e. The van der Waals surface area contributed by atoms with Crippen molar-refractivity contribution in [3.63, 3.8) is 0 Å². The Hall–Kier alpha value is 0.530. The maximum absolute atomic E-state index is 12.0. The average molecular weight is 303 g/mol. The molecular weight excluding hydrogens is 279 g/mol. The number of hydrogen-bond donors (Lipinski definition) is 0. The Bertz CT molecular complexity index is 314. The quantitative estimate of drug-likeness (QED) is 0.669. The summed E-state index contributed by atoms with van der Waals surface area (Å²) in [5, 5.41) is 0. The van der Waals surface area contributed by atoms with Crippen LogP contribution in [0.5, 0.6) is 0 Å². The number of hydrogen-bond acceptors (Lipinski definition) is 2. The SMILES string of the molecule is CCCC(CCl)(CCl)CCS(=O)(=O)C(C)(C)C. The van der Waals surface area contributed by atoms with E-state index in [0.29, 0.717) is 18.2 Å². The number of halogens is 2. The molecule has 0 saturated heterocycles. The van der Waals surface area contributed by atoms with Crippen LogP contribution in [0.15, 0.2) is 0 Å². The first kappa shape index (κ1) is 17.5. The highest BCUT2D eigenvalue weighted by Gasteiger charge is 2.34. The van der Waals surface area contributed by atoms with Gasteiger partial charge in [0.2, 0.25) is 0 Å². The molecule has 0 aromatic heterocycles. The van der Waals surface area contributed by atoms with Crippen LogP contribution in [0, 0.1) is 5.41 Å². The minimum atomic E-state index is -3.09. The zero-order valence-electron chi connectivity index (χ0n) is 11.2. The van der Waals surface area contributed by atoms with Gasteiger partial charge in [-0.1, -0.05) is 13.3 Å². The molecule has 0 amide bonds. The molecule has 0 heterocycles. The van der Waals surface area contributed by atoms with Crippen molar-refractivity contribution in [3.05, 3.63) is 0 Å². The van der Waals surface area contributed by atoms with Crippen LogP contribution in [0.3, 0.4) is 0 Å². The molecule has 0 spiro atoms. The van der Waals surface area contributed by atoms with E-state index in [9.17, 15) is 8.42 Å². The van der Waals surface area contributed by atoms with Gasteiger partial charge in [0.25, 0.3) is 0 Å². The summed E-state index contributed by atoms with van der Waals surface area (Å²) in [4.78, 5) is 0. The van der Waals surface area contributed by atoms with Gasteiger partial charge in [0, 0.05) is 11.8 Å². The fraction of sp³-hybridized carbons (Fsp3) is 1.00. The van der Waals surface area contributed by atoms with Gasteiger partial charge in [-0.05, 0) is 39.0 Å². The van der Waals surface area contributed by atoms with E-state index in [0.717, 1.165) is 12.8 Å². The van der Waals surface area contributed by atoms with Crippen molar-refractivity contribution in [3.8, 4) is 0 Å². The second kappa shape index (κ2) is 6.63. The second-order valence-corrected chi connectivity index (χ2v) is 9.10. The second-order valence-electron chi connectivity index (χ2n) is 5.70. The van der Waals surface area contributed by atoms with Crippen LogP contribution in [-0.2, 0) is 9.84 Å². The fourth-order valence-corrected chi connectivity index (χ4v) is 3.75. The van der Waals surface area contributed by atoms with Crippen LogP contribution >= 0.6 is 23.2 Å². The Balaban J connectivity index is 4.73. The fourth-order valence-electron chi connectivity index (χ4n) is 1.62. The lowest BCUT2D eigenvalue weighted by Crippen LogP contribution is -2.35. The van der Waals surface area contributed by atoms with Gasteiger partial charge in [-0.25, -0.2) is 8.42 Å². The van der Waals surface area contributed by atoms with Crippen molar-refractivity contribution in [1.29, 1.82) is 0 Å². The molecule has 0 unspecified atom stereocenters. The van der Waals surface area contributed by atoms with Gasteiger partial charge in [-0.15, -0.1) is 23.2 Å². The molecule has 17 heavy (non-hydrogen) atoms. The molecular formula is C12H24Cl2O2S. The molecule has 104 valence electrons. The van der Waals surface area contributed by atoms with Crippen LogP contribution in [0.25, 0.3) is 0 Å². The van der Waals surface area contributed by atoms with E-state index < -0.39 is 14.6 Å². The van der Waals surface area contributed by atoms with E-state index in [1.54, 1.807) is 20.8 Å². The summed E-state index contributed by atoms with van der Waals surface area (Å²) in [6.45, 7) is 7.24. The van der Waals surface area contributed by atoms with Gasteiger partial charge < -0.3 is 0 Å². The van der Waals surface area contributed by atoms with Crippen LogP contribution in [0.2, 0.25) is 0 Å². The molecule has 5 heteroatoms. The summed E-state index contributed by atoms with van der Waals surface area (Å²) in [7, 11) is -3.09. The lowest BCUT2D eigenvalue weighted by Gasteiger charge is -2.30. The Morgan fingerprint density at radius 2 is 1.47 bits per heavy atom. The Morgan fingerprint density at radius 3 is 1.76 bits per heavy atom. The highest BCUT2D eigenvalue weighted by atomic mass is 35.5. The lowest BCUT2D eigenvalue weighted by molar-refractivity contribution is 0.330. The lowest BCUT2D eigenvalue weighted by atomic mass is 9.85. The monoisotopic (exact) mass is 302 g/mol. The molecule has 0 bridgehead atoms. The summed E-state index contributed by atoms with van der Waals surface area (Å²) in [6.07, 6.45) is 2.39. The zero-order chi connectivity index (χ0) is 13.7. The highest BCUT2D eigenvalue weighted by Crippen LogP contribution is 2.33. The number of alkyl halides is 2. The van der Waals surface area contributed by atoms with E-state index in [1.807, 2.05) is 0 Å². The standard InChI is InChI=1S/C12H24Cl2O2S/c1-5-6-12(9-13,10-14)7-8-17(15,16)11(2,3)4/h5-10H2,1-4H3. The molecule has 0 aliphatic rings. The van der Waals surface area contributed by atoms with Gasteiger partial charge in [0.15, 0.2) is 9.84 Å². The van der Waals surface area contributed by atoms with Crippen molar-refractivity contribution in [2.45, 2.75) is 51.7 Å². The van der Waals surface area contributed by atoms with Crippen molar-refractivity contribution in [2.24, 2.45) is 5.41 Å². The molecule has 0 radical (unpaired) electrons. The maximum Gasteiger partial charge on any atom is 0.155 e. The third kappa shape index (κ3) is 4.96. The van der Waals surface area contributed by atoms with E-state index >= 15 is 0 Å². The average Bonchev–Trinajstić information content (AvgIpc) is 2.23. The van der Waals surface area contributed by atoms with Gasteiger partial charge in [0.1, 0.15) is 0 Å². The smallest absolute Gasteiger partial charge is 0.155 e. The first-order chi connectivity index (χ1) is 7.64. The van der Waals surface area contributed by atoms with Crippen molar-refractivity contribution < 1.29 is 8.42 Å². The highest BCUT2D eigenvalue weighted by molar-refractivity contribution is 7.92. The maximum atomic E-state index is 12.0. The molecule has 2 nitrogen and oxygen atoms in total. The van der Waals surface area contributed by atoms with Crippen molar-refractivity contribution in [1.82, 2.24) is 0 Å². The van der Waals surface area contributed by atoms with E-state index in [4.69, 9.17) is 23.2 Å². The zero-order valence-corrected chi connectivity index (χ0v) is 13.6. The molecule has 0 rings (SSSR count). The third-order valence-electron chi connectivity index (χ3n) is 3.18. The normalized spacial score (nSPS) is 14.0. The summed E-state index contributed by atoms with van der Waals surface area (Å²) in [5.74, 6) is 1.00. The van der Waals surface area contributed by atoms with Gasteiger partial charge in [0.05, 0.1) is 10.5 Å². The van der Waals surface area contributed by atoms with Gasteiger partial charge in [-0.2, -0.15) is 0 Å². The van der Waals surface area contributed by atoms with Crippen LogP contribution < -0.4 is 0 Å². The summed E-state index contributed by atoms with van der Waals surface area (Å²) in [5.41, 5.74) is -0.240. The van der Waals surface area contributed by atoms with E-state index in [2.05, 4.69) is 6.92 Å². The molecule has 0 aliphatic heterocycles. The largest absolute Gasteiger partial charge is 0.228 e. The molecule has 0 aliphatic carbocycles. The Labute approximate surface area is 116 Å². The molecule has 0 aromatic carbocycles. The first-order valence-electron chi connectivity index (χ1n) is 5.98. The van der Waals surface area contributed by atoms with Crippen LogP contribution in [0.4, 0.5) is 0 Å². The minimum absolute atomic E-state index is 0.163. The summed E-state index contributed by atoms with van der Waals surface area (Å²) < 4.78 is 23.4. The predicted molar refractivity (Wildman–Crippen MR) is 76.9 cm³/mol. The van der Waals surface area contributed by atoms with E-state index in [-0.39, 0.29) is 11.2 Å². The number of rotatable bonds is 7. The molecule has 0 atom stereocenters. The number of sulfone groups is 1.